The smallest absolute Gasteiger partial charge is 0.0715 e. The Labute approximate surface area is 218 Å². The quantitative estimate of drug-likeness (QED) is 0.185. The number of pyridine rings is 2. The minimum Gasteiger partial charge on any atom is -0.304 e. The van der Waals surface area contributed by atoms with E-state index in [4.69, 9.17) is 9.97 Å². The number of aromatic nitrogens is 2. The van der Waals surface area contributed by atoms with Crippen LogP contribution in [0.4, 0.5) is 0 Å². The first-order valence-corrected chi connectivity index (χ1v) is 11.3. The van der Waals surface area contributed by atoms with Gasteiger partial charge in [-0.3, -0.25) is 0 Å². The molecule has 0 saturated carbocycles. The van der Waals surface area contributed by atoms with Crippen molar-refractivity contribution in [1.82, 2.24) is 9.97 Å². The number of rotatable bonds is 4. The molecule has 35 heavy (non-hydrogen) atoms. The average Bonchev–Trinajstić information content (AvgIpc) is 2.93. The molecule has 4 aromatic carbocycles. The van der Waals surface area contributed by atoms with Gasteiger partial charge in [0.1, 0.15) is 0 Å². The number of fused-ring (bicyclic) bond motifs is 1. The second-order valence-electron chi connectivity index (χ2n) is 8.27. The van der Waals surface area contributed by atoms with E-state index in [0.29, 0.717) is 0 Å². The summed E-state index contributed by atoms with van der Waals surface area (Å²) in [6, 6.07) is 45.0. The fourth-order valence-corrected chi connectivity index (χ4v) is 4.24. The van der Waals surface area contributed by atoms with Crippen LogP contribution in [0, 0.1) is 6.07 Å². The average molecular weight is 626 g/mol. The molecular formula is C32H21IrN2-. The molecule has 0 atom stereocenters. The number of hydrogen-bond acceptors (Lipinski definition) is 2. The van der Waals surface area contributed by atoms with Crippen LogP contribution in [0.2, 0.25) is 0 Å². The van der Waals surface area contributed by atoms with Gasteiger partial charge in [0.05, 0.1) is 11.4 Å². The number of nitrogens with zero attached hydrogens (tertiary/aromatic N) is 2. The first-order chi connectivity index (χ1) is 16.8. The van der Waals surface area contributed by atoms with Gasteiger partial charge in [-0.05, 0) is 34.2 Å². The first kappa shape index (κ1) is 22.9. The van der Waals surface area contributed by atoms with Gasteiger partial charge in [0.25, 0.3) is 0 Å². The Bertz CT molecular complexity index is 1540. The van der Waals surface area contributed by atoms with Crippen LogP contribution in [0.1, 0.15) is 0 Å². The van der Waals surface area contributed by atoms with E-state index < -0.39 is 0 Å². The summed E-state index contributed by atoms with van der Waals surface area (Å²) in [6.07, 6.45) is 1.93. The fraction of sp³-hybridized carbons (Fsp3) is 0. The van der Waals surface area contributed by atoms with Crippen LogP contribution in [0.15, 0.2) is 128 Å². The van der Waals surface area contributed by atoms with Crippen molar-refractivity contribution in [1.29, 1.82) is 0 Å². The summed E-state index contributed by atoms with van der Waals surface area (Å²) in [6.45, 7) is 0. The van der Waals surface area contributed by atoms with E-state index in [1.54, 1.807) is 0 Å². The molecule has 2 heterocycles. The Morgan fingerprint density at radius 2 is 1.09 bits per heavy atom. The third-order valence-electron chi connectivity index (χ3n) is 6.01. The summed E-state index contributed by atoms with van der Waals surface area (Å²) in [5.41, 5.74) is 8.22. The molecule has 6 aromatic rings. The maximum Gasteiger partial charge on any atom is 0.0715 e. The molecule has 2 nitrogen and oxygen atoms in total. The van der Waals surface area contributed by atoms with Crippen molar-refractivity contribution in [2.75, 3.05) is 0 Å². The minimum atomic E-state index is 0. The van der Waals surface area contributed by atoms with Gasteiger partial charge < -0.3 is 4.98 Å². The Morgan fingerprint density at radius 3 is 1.74 bits per heavy atom. The molecule has 6 rings (SSSR count). The van der Waals surface area contributed by atoms with Crippen molar-refractivity contribution < 1.29 is 20.1 Å². The molecule has 0 unspecified atom stereocenters. The summed E-state index contributed by atoms with van der Waals surface area (Å²) in [5.74, 6) is 0. The number of hydrogen-bond donors (Lipinski definition) is 0. The maximum atomic E-state index is 4.99. The van der Waals surface area contributed by atoms with Gasteiger partial charge >= 0.3 is 0 Å². The predicted molar refractivity (Wildman–Crippen MR) is 140 cm³/mol. The zero-order valence-corrected chi connectivity index (χ0v) is 21.2. The van der Waals surface area contributed by atoms with Crippen LogP contribution in [0.25, 0.3) is 55.7 Å². The van der Waals surface area contributed by atoms with Crippen molar-refractivity contribution in [3.05, 3.63) is 134 Å². The molecule has 0 bridgehead atoms. The SMILES string of the molecule is [Ir].[c-]1ccc(-c2cc(-c3ccccc3)nc(-c3ccccc3)c2)cc1-c1cc2ccccc2cn1. The van der Waals surface area contributed by atoms with E-state index in [2.05, 4.69) is 78.9 Å². The van der Waals surface area contributed by atoms with Crippen molar-refractivity contribution in [2.45, 2.75) is 0 Å². The van der Waals surface area contributed by atoms with Crippen molar-refractivity contribution in [2.24, 2.45) is 0 Å². The Kier molecular flexibility index (Phi) is 6.63. The molecule has 0 aliphatic heterocycles. The molecule has 2 aromatic heterocycles. The summed E-state index contributed by atoms with van der Waals surface area (Å²) in [5, 5.41) is 2.31. The van der Waals surface area contributed by atoms with Crippen LogP contribution in [0.5, 0.6) is 0 Å². The molecule has 0 amide bonds. The van der Waals surface area contributed by atoms with Crippen LogP contribution < -0.4 is 0 Å². The van der Waals surface area contributed by atoms with Crippen LogP contribution in [-0.2, 0) is 20.1 Å². The van der Waals surface area contributed by atoms with Gasteiger partial charge in [0, 0.05) is 37.4 Å². The zero-order chi connectivity index (χ0) is 22.7. The van der Waals surface area contributed by atoms with Gasteiger partial charge in [0.2, 0.25) is 0 Å². The summed E-state index contributed by atoms with van der Waals surface area (Å²) >= 11 is 0. The van der Waals surface area contributed by atoms with Crippen molar-refractivity contribution in [3.63, 3.8) is 0 Å². The second-order valence-corrected chi connectivity index (χ2v) is 8.27. The second kappa shape index (κ2) is 10.1. The molecular weight excluding hydrogens is 605 g/mol. The van der Waals surface area contributed by atoms with E-state index in [9.17, 15) is 0 Å². The maximum absolute atomic E-state index is 4.99. The topological polar surface area (TPSA) is 25.8 Å². The molecule has 0 aliphatic rings. The Morgan fingerprint density at radius 1 is 0.486 bits per heavy atom. The summed E-state index contributed by atoms with van der Waals surface area (Å²) < 4.78 is 0. The monoisotopic (exact) mass is 626 g/mol. The van der Waals surface area contributed by atoms with Crippen LogP contribution >= 0.6 is 0 Å². The Balaban J connectivity index is 0.00000253. The normalized spacial score (nSPS) is 10.6. The van der Waals surface area contributed by atoms with Gasteiger partial charge in [-0.2, -0.15) is 0 Å². The van der Waals surface area contributed by atoms with Crippen molar-refractivity contribution in [3.8, 4) is 44.9 Å². The third-order valence-corrected chi connectivity index (χ3v) is 6.01. The zero-order valence-electron chi connectivity index (χ0n) is 18.9. The molecule has 169 valence electrons. The van der Waals surface area contributed by atoms with E-state index in [0.717, 1.165) is 50.3 Å². The van der Waals surface area contributed by atoms with Gasteiger partial charge in [-0.15, -0.1) is 35.4 Å². The van der Waals surface area contributed by atoms with E-state index >= 15 is 0 Å². The molecule has 0 spiro atoms. The largest absolute Gasteiger partial charge is 0.304 e. The fourth-order valence-electron chi connectivity index (χ4n) is 4.24. The summed E-state index contributed by atoms with van der Waals surface area (Å²) in [4.78, 5) is 9.69. The van der Waals surface area contributed by atoms with E-state index in [1.807, 2.05) is 54.7 Å². The molecule has 3 heteroatoms. The van der Waals surface area contributed by atoms with E-state index in [1.165, 1.54) is 5.39 Å². The molecule has 0 N–H and O–H groups in total. The standard InChI is InChI=1S/C32H21N2.Ir/c1-3-10-23(11-4-1)31-20-29(21-32(34-31)24-12-5-2-6-13-24)25-16-9-17-27(18-25)30-19-26-14-7-8-15-28(26)22-33-30;/h1-16,18-22H;/q-1;. The Hall–Kier alpha value is -3.91. The van der Waals surface area contributed by atoms with Gasteiger partial charge in [-0.1, -0.05) is 91.0 Å². The van der Waals surface area contributed by atoms with Gasteiger partial charge in [0.15, 0.2) is 0 Å². The molecule has 0 fully saturated rings. The van der Waals surface area contributed by atoms with Gasteiger partial charge in [-0.25, -0.2) is 4.98 Å². The molecule has 0 saturated heterocycles. The predicted octanol–water partition coefficient (Wildman–Crippen LogP) is 8.10. The molecule has 1 radical (unpaired) electrons. The minimum absolute atomic E-state index is 0. The van der Waals surface area contributed by atoms with E-state index in [-0.39, 0.29) is 20.1 Å². The van der Waals surface area contributed by atoms with Crippen LogP contribution in [0.3, 0.4) is 0 Å². The van der Waals surface area contributed by atoms with Crippen LogP contribution in [-0.4, -0.2) is 9.97 Å². The number of benzene rings is 4. The summed E-state index contributed by atoms with van der Waals surface area (Å²) in [7, 11) is 0. The van der Waals surface area contributed by atoms with Crippen molar-refractivity contribution >= 4 is 10.8 Å². The molecule has 0 aliphatic carbocycles. The third kappa shape index (κ3) is 4.83. The first-order valence-electron chi connectivity index (χ1n) is 11.3.